The molecular formula is C24H25N3O4S. The summed E-state index contributed by atoms with van der Waals surface area (Å²) in [6.45, 7) is 2.61. The normalized spacial score (nSPS) is 14.2. The fourth-order valence-electron chi connectivity index (χ4n) is 3.65. The van der Waals surface area contributed by atoms with Crippen LogP contribution in [0.1, 0.15) is 10.4 Å². The number of nitrogens with zero attached hydrogens (tertiary/aromatic N) is 2. The Hall–Kier alpha value is -3.52. The zero-order chi connectivity index (χ0) is 22.6. The van der Waals surface area contributed by atoms with Crippen molar-refractivity contribution in [2.24, 2.45) is 0 Å². The van der Waals surface area contributed by atoms with Crippen molar-refractivity contribution in [3.63, 3.8) is 0 Å². The van der Waals surface area contributed by atoms with E-state index in [1.807, 2.05) is 30.3 Å². The van der Waals surface area contributed by atoms with Gasteiger partial charge in [-0.05, 0) is 48.5 Å². The lowest BCUT2D eigenvalue weighted by Crippen LogP contribution is -2.48. The molecule has 3 aromatic rings. The summed E-state index contributed by atoms with van der Waals surface area (Å²) in [7, 11) is -2.07. The van der Waals surface area contributed by atoms with Crippen molar-refractivity contribution in [1.29, 1.82) is 0 Å². The molecule has 1 aliphatic heterocycles. The minimum atomic E-state index is -3.72. The molecule has 1 aliphatic rings. The molecule has 1 amide bonds. The summed E-state index contributed by atoms with van der Waals surface area (Å²) >= 11 is 0. The molecule has 0 atom stereocenters. The van der Waals surface area contributed by atoms with E-state index < -0.39 is 10.0 Å². The molecular weight excluding hydrogens is 426 g/mol. The number of rotatable bonds is 6. The molecule has 1 N–H and O–H groups in total. The minimum Gasteiger partial charge on any atom is -0.497 e. The Bertz CT molecular complexity index is 1170. The molecule has 0 radical (unpaired) electrons. The van der Waals surface area contributed by atoms with Crippen molar-refractivity contribution < 1.29 is 17.9 Å². The van der Waals surface area contributed by atoms with Crippen molar-refractivity contribution in [1.82, 2.24) is 4.90 Å². The number of nitrogens with one attached hydrogen (secondary N) is 1. The topological polar surface area (TPSA) is 79.0 Å². The van der Waals surface area contributed by atoms with Crippen LogP contribution in [-0.2, 0) is 10.0 Å². The highest BCUT2D eigenvalue weighted by Gasteiger charge is 2.23. The van der Waals surface area contributed by atoms with Crippen LogP contribution in [0.15, 0.2) is 83.8 Å². The third kappa shape index (κ3) is 4.86. The van der Waals surface area contributed by atoms with Gasteiger partial charge in [0.05, 0.1) is 12.0 Å². The second kappa shape index (κ2) is 9.32. The summed E-state index contributed by atoms with van der Waals surface area (Å²) < 4.78 is 33.0. The molecule has 0 spiro atoms. The molecule has 3 aromatic carbocycles. The highest BCUT2D eigenvalue weighted by molar-refractivity contribution is 7.92. The molecule has 1 fully saturated rings. The highest BCUT2D eigenvalue weighted by atomic mass is 32.2. The number of hydrogen-bond acceptors (Lipinski definition) is 5. The lowest BCUT2D eigenvalue weighted by Gasteiger charge is -2.36. The van der Waals surface area contributed by atoms with Crippen LogP contribution in [-0.4, -0.2) is 52.5 Å². The van der Waals surface area contributed by atoms with Crippen LogP contribution in [0.2, 0.25) is 0 Å². The first-order valence-electron chi connectivity index (χ1n) is 10.3. The van der Waals surface area contributed by atoms with Gasteiger partial charge in [-0.2, -0.15) is 0 Å². The SMILES string of the molecule is COc1cccc(N2CCN(C(=O)c3ccc(S(=O)(=O)Nc4ccccc4)cc3)CC2)c1. The zero-order valence-corrected chi connectivity index (χ0v) is 18.6. The molecule has 4 rings (SSSR count). The van der Waals surface area contributed by atoms with Crippen LogP contribution < -0.4 is 14.4 Å². The molecule has 0 saturated carbocycles. The van der Waals surface area contributed by atoms with E-state index in [2.05, 4.69) is 9.62 Å². The second-order valence-electron chi connectivity index (χ2n) is 7.48. The molecule has 0 aliphatic carbocycles. The maximum Gasteiger partial charge on any atom is 0.261 e. The molecule has 0 aromatic heterocycles. The fourth-order valence-corrected chi connectivity index (χ4v) is 4.71. The first-order valence-corrected chi connectivity index (χ1v) is 11.8. The van der Waals surface area contributed by atoms with E-state index >= 15 is 0 Å². The highest BCUT2D eigenvalue weighted by Crippen LogP contribution is 2.23. The van der Waals surface area contributed by atoms with E-state index in [4.69, 9.17) is 4.74 Å². The summed E-state index contributed by atoms with van der Waals surface area (Å²) in [4.78, 5) is 17.0. The first kappa shape index (κ1) is 21.7. The van der Waals surface area contributed by atoms with Gasteiger partial charge in [0.1, 0.15) is 5.75 Å². The Kier molecular flexibility index (Phi) is 6.32. The van der Waals surface area contributed by atoms with Crippen LogP contribution in [0.5, 0.6) is 5.75 Å². The number of carbonyl (C=O) groups excluding carboxylic acids is 1. The van der Waals surface area contributed by atoms with Crippen molar-refractivity contribution in [2.45, 2.75) is 4.90 Å². The average Bonchev–Trinajstić information content (AvgIpc) is 2.84. The first-order chi connectivity index (χ1) is 15.5. The molecule has 1 saturated heterocycles. The Labute approximate surface area is 188 Å². The van der Waals surface area contributed by atoms with E-state index in [9.17, 15) is 13.2 Å². The quantitative estimate of drug-likeness (QED) is 0.621. The molecule has 1 heterocycles. The van der Waals surface area contributed by atoms with Gasteiger partial charge in [0.25, 0.3) is 15.9 Å². The second-order valence-corrected chi connectivity index (χ2v) is 9.16. The Morgan fingerprint density at radius 3 is 2.22 bits per heavy atom. The maximum atomic E-state index is 12.9. The number of ether oxygens (including phenoxy) is 1. The summed E-state index contributed by atoms with van der Waals surface area (Å²) in [5.41, 5.74) is 2.02. The van der Waals surface area contributed by atoms with Crippen LogP contribution in [0, 0.1) is 0 Å². The van der Waals surface area contributed by atoms with Gasteiger partial charge >= 0.3 is 0 Å². The predicted molar refractivity (Wildman–Crippen MR) is 125 cm³/mol. The zero-order valence-electron chi connectivity index (χ0n) is 17.8. The number of benzene rings is 3. The molecule has 0 bridgehead atoms. The van der Waals surface area contributed by atoms with Gasteiger partial charge in [0.2, 0.25) is 0 Å². The van der Waals surface area contributed by atoms with Crippen molar-refractivity contribution in [3.05, 3.63) is 84.4 Å². The summed E-state index contributed by atoms with van der Waals surface area (Å²) in [5, 5.41) is 0. The van der Waals surface area contributed by atoms with Gasteiger partial charge in [-0.3, -0.25) is 9.52 Å². The molecule has 32 heavy (non-hydrogen) atoms. The van der Waals surface area contributed by atoms with Gasteiger partial charge in [0, 0.05) is 49.2 Å². The summed E-state index contributed by atoms with van der Waals surface area (Å²) in [5.74, 6) is 0.702. The number of anilines is 2. The number of sulfonamides is 1. The predicted octanol–water partition coefficient (Wildman–Crippen LogP) is 3.46. The number of carbonyl (C=O) groups is 1. The summed E-state index contributed by atoms with van der Waals surface area (Å²) in [6, 6.07) is 22.6. The van der Waals surface area contributed by atoms with Crippen LogP contribution in [0.3, 0.4) is 0 Å². The Morgan fingerprint density at radius 1 is 0.875 bits per heavy atom. The van der Waals surface area contributed by atoms with Crippen molar-refractivity contribution in [3.8, 4) is 5.75 Å². The monoisotopic (exact) mass is 451 g/mol. The maximum absolute atomic E-state index is 12.9. The van der Waals surface area contributed by atoms with E-state index in [1.165, 1.54) is 12.1 Å². The van der Waals surface area contributed by atoms with Crippen LogP contribution in [0.4, 0.5) is 11.4 Å². The van der Waals surface area contributed by atoms with Gasteiger partial charge in [-0.15, -0.1) is 0 Å². The largest absolute Gasteiger partial charge is 0.497 e. The molecule has 7 nitrogen and oxygen atoms in total. The average molecular weight is 452 g/mol. The fraction of sp³-hybridized carbons (Fsp3) is 0.208. The van der Waals surface area contributed by atoms with E-state index in [1.54, 1.807) is 48.4 Å². The van der Waals surface area contributed by atoms with Crippen molar-refractivity contribution in [2.75, 3.05) is 42.9 Å². The van der Waals surface area contributed by atoms with E-state index in [0.29, 0.717) is 37.4 Å². The Morgan fingerprint density at radius 2 is 1.56 bits per heavy atom. The number of amides is 1. The molecule has 0 unspecified atom stereocenters. The molecule has 166 valence electrons. The number of hydrogen-bond donors (Lipinski definition) is 1. The molecule has 8 heteroatoms. The lowest BCUT2D eigenvalue weighted by molar-refractivity contribution is 0.0746. The minimum absolute atomic E-state index is 0.102. The van der Waals surface area contributed by atoms with Crippen LogP contribution in [0.25, 0.3) is 0 Å². The van der Waals surface area contributed by atoms with E-state index in [-0.39, 0.29) is 10.8 Å². The van der Waals surface area contributed by atoms with E-state index in [0.717, 1.165) is 11.4 Å². The summed E-state index contributed by atoms with van der Waals surface area (Å²) in [6.07, 6.45) is 0. The number of methoxy groups -OCH3 is 1. The van der Waals surface area contributed by atoms with Crippen molar-refractivity contribution >= 4 is 27.3 Å². The third-order valence-electron chi connectivity index (χ3n) is 5.42. The Balaban J connectivity index is 1.39. The van der Waals surface area contributed by atoms with Gasteiger partial charge in [0.15, 0.2) is 0 Å². The lowest BCUT2D eigenvalue weighted by atomic mass is 10.1. The van der Waals surface area contributed by atoms with Crippen LogP contribution >= 0.6 is 0 Å². The third-order valence-corrected chi connectivity index (χ3v) is 6.82. The van der Waals surface area contributed by atoms with Gasteiger partial charge < -0.3 is 14.5 Å². The van der Waals surface area contributed by atoms with Gasteiger partial charge in [-0.1, -0.05) is 24.3 Å². The number of para-hydroxylation sites is 1. The standard InChI is InChI=1S/C24H25N3O4S/c1-31-22-9-5-8-21(18-22)26-14-16-27(17-15-26)24(28)19-10-12-23(13-11-19)32(29,30)25-20-6-3-2-4-7-20/h2-13,18,25H,14-17H2,1H3. The smallest absolute Gasteiger partial charge is 0.261 e. The number of piperazine rings is 1. The van der Waals surface area contributed by atoms with Gasteiger partial charge in [-0.25, -0.2) is 8.42 Å².